The van der Waals surface area contributed by atoms with Gasteiger partial charge in [-0.3, -0.25) is 14.9 Å². The lowest BCUT2D eigenvalue weighted by molar-refractivity contribution is -0.385. The lowest BCUT2D eigenvalue weighted by atomic mass is 10.1. The molecule has 0 aromatic heterocycles. The van der Waals surface area contributed by atoms with Crippen molar-refractivity contribution in [2.24, 2.45) is 5.10 Å². The molecule has 9 nitrogen and oxygen atoms in total. The molecule has 1 amide bonds. The molecular weight excluding hydrogens is 414 g/mol. The van der Waals surface area contributed by atoms with Crippen LogP contribution >= 0.6 is 11.6 Å². The minimum absolute atomic E-state index is 0.0133. The van der Waals surface area contributed by atoms with Gasteiger partial charge in [0.25, 0.3) is 5.91 Å². The van der Waals surface area contributed by atoms with Gasteiger partial charge in [-0.15, -0.1) is 0 Å². The van der Waals surface area contributed by atoms with Gasteiger partial charge in [0.15, 0.2) is 11.5 Å². The standard InChI is InChI=1S/C20H14ClN3O6/c21-14-5-13(19(25)15(8-14)24(27)28)9-22-23-20(26)18-10-29-16-6-11-3-1-2-4-12(11)7-17(16)30-18/h1-9,18,25H,10H2,(H,23,26)/b22-9+/t18-/m0/s1. The molecule has 30 heavy (non-hydrogen) atoms. The van der Waals surface area contributed by atoms with Crippen molar-refractivity contribution in [2.45, 2.75) is 6.10 Å². The van der Waals surface area contributed by atoms with Gasteiger partial charge in [0, 0.05) is 16.7 Å². The molecule has 1 atom stereocenters. The van der Waals surface area contributed by atoms with Crippen LogP contribution in [0.4, 0.5) is 5.69 Å². The molecule has 4 rings (SSSR count). The molecule has 3 aromatic rings. The summed E-state index contributed by atoms with van der Waals surface area (Å²) in [6, 6.07) is 13.6. The zero-order valence-corrected chi connectivity index (χ0v) is 16.0. The van der Waals surface area contributed by atoms with Crippen molar-refractivity contribution in [3.8, 4) is 17.2 Å². The number of nitrogens with zero attached hydrogens (tertiary/aromatic N) is 2. The number of rotatable bonds is 4. The highest BCUT2D eigenvalue weighted by atomic mass is 35.5. The number of ether oxygens (including phenoxy) is 2. The molecular formula is C20H14ClN3O6. The van der Waals surface area contributed by atoms with Gasteiger partial charge >= 0.3 is 5.69 Å². The summed E-state index contributed by atoms with van der Waals surface area (Å²) >= 11 is 5.82. The van der Waals surface area contributed by atoms with Crippen molar-refractivity contribution in [3.05, 3.63) is 69.2 Å². The van der Waals surface area contributed by atoms with Crippen molar-refractivity contribution in [3.63, 3.8) is 0 Å². The van der Waals surface area contributed by atoms with E-state index in [1.807, 2.05) is 30.3 Å². The first kappa shape index (κ1) is 19.5. The summed E-state index contributed by atoms with van der Waals surface area (Å²) in [6.45, 7) is -0.0133. The fraction of sp³-hybridized carbons (Fsp3) is 0.100. The molecule has 0 unspecified atom stereocenters. The predicted octanol–water partition coefficient (Wildman–Crippen LogP) is 3.40. The van der Waals surface area contributed by atoms with Gasteiger partial charge in [-0.2, -0.15) is 5.10 Å². The number of carbonyl (C=O) groups excluding carboxylic acids is 1. The van der Waals surface area contributed by atoms with Crippen LogP contribution in [0.3, 0.4) is 0 Å². The van der Waals surface area contributed by atoms with Gasteiger partial charge in [0.05, 0.1) is 11.1 Å². The highest BCUT2D eigenvalue weighted by Gasteiger charge is 2.28. The van der Waals surface area contributed by atoms with E-state index in [0.29, 0.717) is 11.5 Å². The van der Waals surface area contributed by atoms with E-state index in [1.54, 1.807) is 6.07 Å². The second kappa shape index (κ2) is 7.88. The van der Waals surface area contributed by atoms with Gasteiger partial charge in [-0.05, 0) is 29.0 Å². The van der Waals surface area contributed by atoms with Crippen LogP contribution in [0.5, 0.6) is 17.2 Å². The van der Waals surface area contributed by atoms with Gasteiger partial charge < -0.3 is 14.6 Å². The summed E-state index contributed by atoms with van der Waals surface area (Å²) < 4.78 is 11.4. The number of phenols is 1. The number of fused-ring (bicyclic) bond motifs is 2. The average molecular weight is 428 g/mol. The molecule has 0 radical (unpaired) electrons. The first-order valence-corrected chi connectivity index (χ1v) is 9.12. The van der Waals surface area contributed by atoms with Gasteiger partial charge in [-0.25, -0.2) is 5.43 Å². The number of benzene rings is 3. The third-order valence-corrected chi connectivity index (χ3v) is 4.64. The van der Waals surface area contributed by atoms with Crippen LogP contribution < -0.4 is 14.9 Å². The summed E-state index contributed by atoms with van der Waals surface area (Å²) in [6.07, 6.45) is 0.107. The number of hydrogen-bond acceptors (Lipinski definition) is 7. The Morgan fingerprint density at radius 3 is 2.63 bits per heavy atom. The number of hydrogen-bond donors (Lipinski definition) is 2. The maximum absolute atomic E-state index is 12.4. The Labute approximate surface area is 174 Å². The quantitative estimate of drug-likeness (QED) is 0.373. The van der Waals surface area contributed by atoms with E-state index in [0.717, 1.165) is 23.1 Å². The highest BCUT2D eigenvalue weighted by molar-refractivity contribution is 6.31. The molecule has 0 bridgehead atoms. The third kappa shape index (κ3) is 3.83. The van der Waals surface area contributed by atoms with E-state index in [1.165, 1.54) is 6.07 Å². The number of amides is 1. The molecule has 0 saturated carbocycles. The van der Waals surface area contributed by atoms with Crippen LogP contribution in [0.1, 0.15) is 5.56 Å². The number of carbonyl (C=O) groups is 1. The Bertz CT molecular complexity index is 1200. The molecule has 1 heterocycles. The highest BCUT2D eigenvalue weighted by Crippen LogP contribution is 2.36. The van der Waals surface area contributed by atoms with E-state index in [9.17, 15) is 20.0 Å². The van der Waals surface area contributed by atoms with Crippen LogP contribution in [-0.4, -0.2) is 34.9 Å². The Morgan fingerprint density at radius 2 is 1.93 bits per heavy atom. The van der Waals surface area contributed by atoms with Gasteiger partial charge in [-0.1, -0.05) is 35.9 Å². The number of phenolic OH excluding ortho intramolecular Hbond substituents is 1. The van der Waals surface area contributed by atoms with Crippen molar-refractivity contribution >= 4 is 40.2 Å². The van der Waals surface area contributed by atoms with Crippen molar-refractivity contribution in [1.82, 2.24) is 5.43 Å². The molecule has 3 aromatic carbocycles. The second-order valence-corrected chi connectivity index (χ2v) is 6.85. The van der Waals surface area contributed by atoms with E-state index < -0.39 is 28.4 Å². The van der Waals surface area contributed by atoms with Crippen LogP contribution in [0, 0.1) is 10.1 Å². The fourth-order valence-electron chi connectivity index (χ4n) is 2.97. The van der Waals surface area contributed by atoms with Gasteiger partial charge in [0.2, 0.25) is 11.9 Å². The van der Waals surface area contributed by atoms with Crippen molar-refractivity contribution < 1.29 is 24.3 Å². The first-order valence-electron chi connectivity index (χ1n) is 8.74. The number of hydrazone groups is 1. The summed E-state index contributed by atoms with van der Waals surface area (Å²) in [5, 5.41) is 26.6. The van der Waals surface area contributed by atoms with E-state index in [2.05, 4.69) is 10.5 Å². The molecule has 0 saturated heterocycles. The Balaban J connectivity index is 1.47. The normalized spacial score (nSPS) is 15.3. The predicted molar refractivity (Wildman–Crippen MR) is 109 cm³/mol. The SMILES string of the molecule is O=C(N/N=C/c1cc(Cl)cc([N+](=O)[O-])c1O)[C@@H]1COc2cc3ccccc3cc2O1. The zero-order chi connectivity index (χ0) is 21.3. The molecule has 0 fully saturated rings. The van der Waals surface area contributed by atoms with Crippen LogP contribution in [0.15, 0.2) is 53.6 Å². The first-order chi connectivity index (χ1) is 14.4. The topological polar surface area (TPSA) is 123 Å². The number of nitro benzene ring substituents is 1. The molecule has 1 aliphatic heterocycles. The zero-order valence-electron chi connectivity index (χ0n) is 15.2. The maximum atomic E-state index is 12.4. The Hall–Kier alpha value is -3.85. The second-order valence-electron chi connectivity index (χ2n) is 6.42. The summed E-state index contributed by atoms with van der Waals surface area (Å²) in [4.78, 5) is 22.5. The largest absolute Gasteiger partial charge is 0.502 e. The molecule has 1 aliphatic rings. The van der Waals surface area contributed by atoms with Crippen molar-refractivity contribution in [1.29, 1.82) is 0 Å². The summed E-state index contributed by atoms with van der Waals surface area (Å²) in [5.74, 6) is -0.217. The molecule has 2 N–H and O–H groups in total. The number of aromatic hydroxyl groups is 1. The maximum Gasteiger partial charge on any atom is 0.312 e. The van der Waals surface area contributed by atoms with Crippen molar-refractivity contribution in [2.75, 3.05) is 6.61 Å². The lowest BCUT2D eigenvalue weighted by Crippen LogP contribution is -2.42. The summed E-state index contributed by atoms with van der Waals surface area (Å²) in [7, 11) is 0. The molecule has 0 aliphatic carbocycles. The number of halogens is 1. The smallest absolute Gasteiger partial charge is 0.312 e. The van der Waals surface area contributed by atoms with Gasteiger partial charge in [0.1, 0.15) is 6.61 Å². The third-order valence-electron chi connectivity index (χ3n) is 4.42. The minimum Gasteiger partial charge on any atom is -0.502 e. The van der Waals surface area contributed by atoms with Crippen LogP contribution in [0.2, 0.25) is 5.02 Å². The van der Waals surface area contributed by atoms with E-state index >= 15 is 0 Å². The summed E-state index contributed by atoms with van der Waals surface area (Å²) in [5.41, 5.74) is 1.68. The molecule has 152 valence electrons. The molecule has 0 spiro atoms. The lowest BCUT2D eigenvalue weighted by Gasteiger charge is -2.25. The number of nitro groups is 1. The number of nitrogens with one attached hydrogen (secondary N) is 1. The van der Waals surface area contributed by atoms with E-state index in [4.69, 9.17) is 21.1 Å². The van der Waals surface area contributed by atoms with Crippen LogP contribution in [-0.2, 0) is 4.79 Å². The monoisotopic (exact) mass is 427 g/mol. The molecule has 10 heteroatoms. The van der Waals surface area contributed by atoms with Crippen LogP contribution in [0.25, 0.3) is 10.8 Å². The minimum atomic E-state index is -0.946. The average Bonchev–Trinajstić information content (AvgIpc) is 2.73. The fourth-order valence-corrected chi connectivity index (χ4v) is 3.19. The Kier molecular flexibility index (Phi) is 5.11. The van der Waals surface area contributed by atoms with E-state index in [-0.39, 0.29) is 17.2 Å². The Morgan fingerprint density at radius 1 is 1.23 bits per heavy atom.